The lowest BCUT2D eigenvalue weighted by Gasteiger charge is -2.41. The molecule has 1 aromatic rings. The lowest BCUT2D eigenvalue weighted by molar-refractivity contribution is 0.0606. The molecule has 3 nitrogen and oxygen atoms in total. The van der Waals surface area contributed by atoms with Crippen LogP contribution >= 0.6 is 0 Å². The summed E-state index contributed by atoms with van der Waals surface area (Å²) in [5.74, 6) is 1.05. The zero-order valence-corrected chi connectivity index (χ0v) is 12.9. The fourth-order valence-electron chi connectivity index (χ4n) is 3.54. The van der Waals surface area contributed by atoms with E-state index in [-0.39, 0.29) is 5.60 Å². The molecule has 1 aromatic carbocycles. The Bertz CT molecular complexity index is 472. The van der Waals surface area contributed by atoms with Crippen molar-refractivity contribution in [2.75, 3.05) is 20.1 Å². The first-order valence-corrected chi connectivity index (χ1v) is 7.76. The molecule has 0 bridgehead atoms. The van der Waals surface area contributed by atoms with Crippen LogP contribution in [0.25, 0.3) is 0 Å². The minimum absolute atomic E-state index is 0.0907. The standard InChI is InChI=1S/C17H26N2O/c1-17(2)11-15(14-8-4-5-9-16(14)20-17)18-13-7-6-10-19(3)12-13/h4-5,8-9,13,15,18H,6-7,10-12H2,1-3H3. The van der Waals surface area contributed by atoms with Crippen LogP contribution in [0.4, 0.5) is 0 Å². The molecule has 0 aromatic heterocycles. The largest absolute Gasteiger partial charge is 0.487 e. The van der Waals surface area contributed by atoms with Crippen molar-refractivity contribution in [1.82, 2.24) is 10.2 Å². The number of nitrogens with one attached hydrogen (secondary N) is 1. The maximum absolute atomic E-state index is 6.11. The van der Waals surface area contributed by atoms with Crippen molar-refractivity contribution in [2.24, 2.45) is 0 Å². The van der Waals surface area contributed by atoms with Gasteiger partial charge in [0, 0.05) is 30.6 Å². The fourth-order valence-corrected chi connectivity index (χ4v) is 3.54. The number of hydrogen-bond donors (Lipinski definition) is 1. The van der Waals surface area contributed by atoms with Crippen molar-refractivity contribution >= 4 is 0 Å². The highest BCUT2D eigenvalue weighted by atomic mass is 16.5. The number of nitrogens with zero attached hydrogens (tertiary/aromatic N) is 1. The normalized spacial score (nSPS) is 29.6. The molecule has 2 heterocycles. The molecule has 1 saturated heterocycles. The molecule has 2 unspecified atom stereocenters. The first-order valence-electron chi connectivity index (χ1n) is 7.76. The number of hydrogen-bond acceptors (Lipinski definition) is 3. The Morgan fingerprint density at radius 3 is 2.90 bits per heavy atom. The third-order valence-corrected chi connectivity index (χ3v) is 4.44. The van der Waals surface area contributed by atoms with Crippen LogP contribution in [0.5, 0.6) is 5.75 Å². The Morgan fingerprint density at radius 2 is 2.10 bits per heavy atom. The van der Waals surface area contributed by atoms with Gasteiger partial charge in [-0.2, -0.15) is 0 Å². The number of likely N-dealkylation sites (N-methyl/N-ethyl adjacent to an activating group) is 1. The number of piperidine rings is 1. The third kappa shape index (κ3) is 2.99. The number of para-hydroxylation sites is 1. The second kappa shape index (κ2) is 5.38. The fraction of sp³-hybridized carbons (Fsp3) is 0.647. The summed E-state index contributed by atoms with van der Waals surface area (Å²) < 4.78 is 6.11. The van der Waals surface area contributed by atoms with E-state index >= 15 is 0 Å². The van der Waals surface area contributed by atoms with Crippen molar-refractivity contribution in [1.29, 1.82) is 0 Å². The number of benzene rings is 1. The Morgan fingerprint density at radius 1 is 1.30 bits per heavy atom. The van der Waals surface area contributed by atoms with Gasteiger partial charge in [0.05, 0.1) is 0 Å². The number of rotatable bonds is 2. The van der Waals surface area contributed by atoms with Crippen LogP contribution < -0.4 is 10.1 Å². The maximum Gasteiger partial charge on any atom is 0.124 e. The van der Waals surface area contributed by atoms with E-state index < -0.39 is 0 Å². The summed E-state index contributed by atoms with van der Waals surface area (Å²) in [5.41, 5.74) is 1.23. The van der Waals surface area contributed by atoms with E-state index in [1.165, 1.54) is 24.9 Å². The van der Waals surface area contributed by atoms with Crippen molar-refractivity contribution in [2.45, 2.75) is 50.8 Å². The van der Waals surface area contributed by atoms with Crippen LogP contribution in [0.1, 0.15) is 44.7 Å². The highest BCUT2D eigenvalue weighted by molar-refractivity contribution is 5.38. The van der Waals surface area contributed by atoms with Crippen LogP contribution in [-0.2, 0) is 0 Å². The van der Waals surface area contributed by atoms with E-state index in [2.05, 4.69) is 55.4 Å². The third-order valence-electron chi connectivity index (χ3n) is 4.44. The molecule has 3 rings (SSSR count). The Hall–Kier alpha value is -1.06. The van der Waals surface area contributed by atoms with Gasteiger partial charge in [0.15, 0.2) is 0 Å². The Kier molecular flexibility index (Phi) is 3.74. The van der Waals surface area contributed by atoms with Gasteiger partial charge in [-0.25, -0.2) is 0 Å². The average molecular weight is 274 g/mol. The van der Waals surface area contributed by atoms with Gasteiger partial charge in [-0.1, -0.05) is 18.2 Å². The summed E-state index contributed by atoms with van der Waals surface area (Å²) in [5, 5.41) is 3.88. The van der Waals surface area contributed by atoms with Crippen LogP contribution in [0.2, 0.25) is 0 Å². The topological polar surface area (TPSA) is 24.5 Å². The monoisotopic (exact) mass is 274 g/mol. The van der Waals surface area contributed by atoms with Crippen molar-refractivity contribution in [3.05, 3.63) is 29.8 Å². The molecule has 20 heavy (non-hydrogen) atoms. The van der Waals surface area contributed by atoms with Gasteiger partial charge in [-0.05, 0) is 46.3 Å². The molecule has 1 N–H and O–H groups in total. The van der Waals surface area contributed by atoms with Gasteiger partial charge >= 0.3 is 0 Å². The molecule has 110 valence electrons. The zero-order chi connectivity index (χ0) is 14.2. The lowest BCUT2D eigenvalue weighted by atomic mass is 9.88. The van der Waals surface area contributed by atoms with Crippen molar-refractivity contribution in [3.8, 4) is 5.75 Å². The minimum Gasteiger partial charge on any atom is -0.487 e. The summed E-state index contributed by atoms with van der Waals surface area (Å²) in [6.07, 6.45) is 3.61. The lowest BCUT2D eigenvalue weighted by Crippen LogP contribution is -2.48. The number of likely N-dealkylation sites (tertiary alicyclic amines) is 1. The zero-order valence-electron chi connectivity index (χ0n) is 12.9. The van der Waals surface area contributed by atoms with Crippen LogP contribution in [-0.4, -0.2) is 36.7 Å². The smallest absolute Gasteiger partial charge is 0.124 e. The summed E-state index contributed by atoms with van der Waals surface area (Å²) in [6, 6.07) is 9.48. The first-order chi connectivity index (χ1) is 9.53. The molecule has 0 amide bonds. The molecule has 2 aliphatic heterocycles. The van der Waals surface area contributed by atoms with Gasteiger partial charge in [-0.3, -0.25) is 0 Å². The predicted molar refractivity (Wildman–Crippen MR) is 82.2 cm³/mol. The molecule has 0 spiro atoms. The second-order valence-corrected chi connectivity index (χ2v) is 6.92. The van der Waals surface area contributed by atoms with Gasteiger partial charge in [-0.15, -0.1) is 0 Å². The van der Waals surface area contributed by atoms with Crippen molar-refractivity contribution < 1.29 is 4.74 Å². The number of fused-ring (bicyclic) bond motifs is 1. The second-order valence-electron chi connectivity index (χ2n) is 6.92. The number of ether oxygens (including phenoxy) is 1. The Balaban J connectivity index is 1.78. The highest BCUT2D eigenvalue weighted by Crippen LogP contribution is 2.39. The van der Waals surface area contributed by atoms with Crippen molar-refractivity contribution in [3.63, 3.8) is 0 Å². The molecule has 3 heteroatoms. The molecule has 2 atom stereocenters. The first kappa shape index (κ1) is 13.9. The Labute approximate surface area is 122 Å². The molecular weight excluding hydrogens is 248 g/mol. The van der Waals surface area contributed by atoms with E-state index in [0.29, 0.717) is 12.1 Å². The van der Waals surface area contributed by atoms with E-state index in [1.54, 1.807) is 0 Å². The molecule has 1 fully saturated rings. The highest BCUT2D eigenvalue weighted by Gasteiger charge is 2.34. The van der Waals surface area contributed by atoms with E-state index in [4.69, 9.17) is 4.74 Å². The van der Waals surface area contributed by atoms with Gasteiger partial charge < -0.3 is 15.0 Å². The molecule has 0 saturated carbocycles. The summed E-state index contributed by atoms with van der Waals surface area (Å²) in [7, 11) is 2.22. The molecule has 2 aliphatic rings. The summed E-state index contributed by atoms with van der Waals surface area (Å²) >= 11 is 0. The van der Waals surface area contributed by atoms with E-state index in [9.17, 15) is 0 Å². The maximum atomic E-state index is 6.11. The van der Waals surface area contributed by atoms with E-state index in [1.807, 2.05) is 0 Å². The van der Waals surface area contributed by atoms with Crippen LogP contribution in [0.3, 0.4) is 0 Å². The molecular formula is C17H26N2O. The SMILES string of the molecule is CN1CCCC(NC2CC(C)(C)Oc3ccccc32)C1. The average Bonchev–Trinajstić information content (AvgIpc) is 2.37. The van der Waals surface area contributed by atoms with E-state index in [0.717, 1.165) is 18.7 Å². The van der Waals surface area contributed by atoms with Gasteiger partial charge in [0.1, 0.15) is 11.4 Å². The summed E-state index contributed by atoms with van der Waals surface area (Å²) in [4.78, 5) is 2.43. The molecule has 0 radical (unpaired) electrons. The van der Waals surface area contributed by atoms with Crippen LogP contribution in [0.15, 0.2) is 24.3 Å². The van der Waals surface area contributed by atoms with Gasteiger partial charge in [0.25, 0.3) is 0 Å². The molecule has 0 aliphatic carbocycles. The van der Waals surface area contributed by atoms with Gasteiger partial charge in [0.2, 0.25) is 0 Å². The minimum atomic E-state index is -0.0907. The predicted octanol–water partition coefficient (Wildman–Crippen LogP) is 2.97. The quantitative estimate of drug-likeness (QED) is 0.897. The van der Waals surface area contributed by atoms with Crippen LogP contribution in [0, 0.1) is 0 Å². The summed E-state index contributed by atoms with van der Waals surface area (Å²) in [6.45, 7) is 6.75.